The van der Waals surface area contributed by atoms with E-state index in [4.69, 9.17) is 16.7 Å². The Labute approximate surface area is 114 Å². The van der Waals surface area contributed by atoms with Gasteiger partial charge in [0.25, 0.3) is 0 Å². The Morgan fingerprint density at radius 3 is 1.91 bits per heavy atom. The summed E-state index contributed by atoms with van der Waals surface area (Å²) in [5.41, 5.74) is 1.83. The number of aromatic hydroxyl groups is 1. The third kappa shape index (κ3) is 3.05. The maximum Gasteiger partial charge on any atom is 0.116 e. The van der Waals surface area contributed by atoms with E-state index >= 15 is 0 Å². The zero-order valence-corrected chi connectivity index (χ0v) is 10.9. The molecule has 0 heterocycles. The molecule has 0 spiro atoms. The zero-order chi connectivity index (χ0) is 7.72. The average Bonchev–Trinajstić information content (AvgIpc) is 1.82. The quantitative estimate of drug-likeness (QED) is 0.630. The van der Waals surface area contributed by atoms with E-state index in [0.29, 0.717) is 0 Å². The summed E-state index contributed by atoms with van der Waals surface area (Å²) in [6, 6.07) is 3.30. The van der Waals surface area contributed by atoms with Gasteiger partial charge in [-0.3, -0.25) is 0 Å². The molecule has 0 saturated carbocycles. The minimum absolute atomic E-state index is 0. The maximum atomic E-state index is 9.06. The molecule has 0 aliphatic carbocycles. The third-order valence-electron chi connectivity index (χ3n) is 1.42. The first-order valence-corrected chi connectivity index (χ1v) is 3.45. The molecule has 0 aromatic heterocycles. The first kappa shape index (κ1) is 11.9. The Morgan fingerprint density at radius 1 is 1.18 bits per heavy atom. The molecule has 0 atom stereocenters. The summed E-state index contributed by atoms with van der Waals surface area (Å²) in [6.45, 7) is 3.74. The fraction of sp³-hybridized carbons (Fsp3) is 0.250. The van der Waals surface area contributed by atoms with Crippen molar-refractivity contribution in [2.45, 2.75) is 13.8 Å². The number of halogens is 1. The second-order valence-corrected chi connectivity index (χ2v) is 2.77. The van der Waals surface area contributed by atoms with Crippen molar-refractivity contribution in [1.82, 2.24) is 0 Å². The largest absolute Gasteiger partial charge is 0.508 e. The van der Waals surface area contributed by atoms with Gasteiger partial charge < -0.3 is 5.11 Å². The van der Waals surface area contributed by atoms with Crippen LogP contribution in [0, 0.1) is 13.8 Å². The number of phenolic OH excluding ortho intramolecular Hbond substituents is 1. The molecule has 0 saturated heterocycles. The van der Waals surface area contributed by atoms with E-state index in [9.17, 15) is 0 Å². The fourth-order valence-corrected chi connectivity index (χ4v) is 1.03. The van der Waals surface area contributed by atoms with Crippen LogP contribution in [0.4, 0.5) is 0 Å². The molecular weight excluding hydrogens is 187 g/mol. The van der Waals surface area contributed by atoms with E-state index in [1.807, 2.05) is 13.8 Å². The summed E-state index contributed by atoms with van der Waals surface area (Å²) >= 11 is 5.84. The van der Waals surface area contributed by atoms with Gasteiger partial charge in [-0.25, -0.2) is 0 Å². The Balaban J connectivity index is 0.000001000. The van der Waals surface area contributed by atoms with Gasteiger partial charge in [-0.05, 0) is 37.1 Å². The zero-order valence-electron chi connectivity index (χ0n) is 6.98. The van der Waals surface area contributed by atoms with Crippen LogP contribution in [0.25, 0.3) is 0 Å². The van der Waals surface area contributed by atoms with Gasteiger partial charge in [-0.2, -0.15) is 0 Å². The molecule has 3 heteroatoms. The predicted molar refractivity (Wildman–Crippen MR) is 48.3 cm³/mol. The van der Waals surface area contributed by atoms with Crippen molar-refractivity contribution < 1.29 is 5.11 Å². The predicted octanol–water partition coefficient (Wildman–Crippen LogP) is 2.28. The summed E-state index contributed by atoms with van der Waals surface area (Å²) in [7, 11) is 0. The van der Waals surface area contributed by atoms with Crippen LogP contribution in [-0.2, 0) is 0 Å². The average molecular weight is 196 g/mol. The molecular formula is C8H9ClKO. The summed E-state index contributed by atoms with van der Waals surface area (Å²) in [5, 5.41) is 9.79. The SMILES string of the molecule is Cc1cc(O)cc(C)c1Cl.[K]. The number of benzene rings is 1. The van der Waals surface area contributed by atoms with Crippen molar-refractivity contribution >= 4 is 63.0 Å². The normalized spacial score (nSPS) is 9.00. The van der Waals surface area contributed by atoms with Gasteiger partial charge in [-0.15, -0.1) is 0 Å². The van der Waals surface area contributed by atoms with Gasteiger partial charge in [0.1, 0.15) is 5.75 Å². The Kier molecular flexibility index (Phi) is 5.26. The molecule has 11 heavy (non-hydrogen) atoms. The summed E-state index contributed by atoms with van der Waals surface area (Å²) in [4.78, 5) is 0. The minimum atomic E-state index is 0. The molecule has 0 fully saturated rings. The molecule has 1 N–H and O–H groups in total. The first-order valence-electron chi connectivity index (χ1n) is 3.07. The van der Waals surface area contributed by atoms with Crippen LogP contribution in [0.1, 0.15) is 11.1 Å². The second-order valence-electron chi connectivity index (χ2n) is 2.39. The van der Waals surface area contributed by atoms with Crippen LogP contribution in [0.5, 0.6) is 5.75 Å². The third-order valence-corrected chi connectivity index (χ3v) is 2.02. The van der Waals surface area contributed by atoms with E-state index in [1.54, 1.807) is 12.1 Å². The maximum absolute atomic E-state index is 9.06. The Bertz CT molecular complexity index is 237. The molecule has 1 aromatic rings. The first-order chi connectivity index (χ1) is 4.61. The van der Waals surface area contributed by atoms with Crippen molar-refractivity contribution in [1.29, 1.82) is 0 Å². The molecule has 1 rings (SSSR count). The molecule has 1 nitrogen and oxygen atoms in total. The van der Waals surface area contributed by atoms with Gasteiger partial charge in [-0.1, -0.05) is 11.6 Å². The second kappa shape index (κ2) is 4.85. The van der Waals surface area contributed by atoms with Crippen molar-refractivity contribution in [2.75, 3.05) is 0 Å². The number of phenols is 1. The van der Waals surface area contributed by atoms with E-state index in [1.165, 1.54) is 0 Å². The van der Waals surface area contributed by atoms with E-state index in [2.05, 4.69) is 0 Å². The molecule has 0 aliphatic heterocycles. The van der Waals surface area contributed by atoms with Gasteiger partial charge in [0.15, 0.2) is 0 Å². The summed E-state index contributed by atoms with van der Waals surface area (Å²) in [6.07, 6.45) is 0. The van der Waals surface area contributed by atoms with Crippen molar-refractivity contribution in [2.24, 2.45) is 0 Å². The number of aryl methyl sites for hydroxylation is 2. The van der Waals surface area contributed by atoms with E-state index in [-0.39, 0.29) is 57.1 Å². The molecule has 0 aliphatic rings. The van der Waals surface area contributed by atoms with E-state index in [0.717, 1.165) is 16.1 Å². The van der Waals surface area contributed by atoms with Gasteiger partial charge >= 0.3 is 0 Å². The van der Waals surface area contributed by atoms with Crippen molar-refractivity contribution in [3.05, 3.63) is 28.3 Å². The van der Waals surface area contributed by atoms with E-state index < -0.39 is 0 Å². The number of rotatable bonds is 0. The van der Waals surface area contributed by atoms with Crippen LogP contribution in [0.15, 0.2) is 12.1 Å². The monoisotopic (exact) mass is 195 g/mol. The molecule has 1 aromatic carbocycles. The molecule has 0 amide bonds. The van der Waals surface area contributed by atoms with Crippen LogP contribution < -0.4 is 0 Å². The van der Waals surface area contributed by atoms with Crippen LogP contribution >= 0.6 is 11.6 Å². The summed E-state index contributed by atoms with van der Waals surface area (Å²) < 4.78 is 0. The van der Waals surface area contributed by atoms with Crippen LogP contribution in [0.2, 0.25) is 5.02 Å². The van der Waals surface area contributed by atoms with Crippen molar-refractivity contribution in [3.8, 4) is 5.75 Å². The van der Waals surface area contributed by atoms with Gasteiger partial charge in [0, 0.05) is 56.4 Å². The standard InChI is InChI=1S/C8H9ClO.K/c1-5-3-7(10)4-6(2)8(5)9;/h3-4,10H,1-2H3;. The Morgan fingerprint density at radius 2 is 1.55 bits per heavy atom. The van der Waals surface area contributed by atoms with Gasteiger partial charge in [0.05, 0.1) is 0 Å². The number of hydrogen-bond acceptors (Lipinski definition) is 1. The summed E-state index contributed by atoms with van der Waals surface area (Å²) in [5.74, 6) is 0.277. The minimum Gasteiger partial charge on any atom is -0.508 e. The van der Waals surface area contributed by atoms with Gasteiger partial charge in [0.2, 0.25) is 0 Å². The van der Waals surface area contributed by atoms with Crippen molar-refractivity contribution in [3.63, 3.8) is 0 Å². The molecule has 55 valence electrons. The molecule has 0 unspecified atom stereocenters. The Hall–Kier alpha value is 0.946. The molecule has 1 radical (unpaired) electrons. The number of hydrogen-bond donors (Lipinski definition) is 1. The van der Waals surface area contributed by atoms with Crippen LogP contribution in [-0.4, -0.2) is 56.5 Å². The topological polar surface area (TPSA) is 20.2 Å². The molecule has 0 bridgehead atoms. The fourth-order valence-electron chi connectivity index (χ4n) is 0.923. The van der Waals surface area contributed by atoms with Crippen LogP contribution in [0.3, 0.4) is 0 Å². The smallest absolute Gasteiger partial charge is 0.116 e.